The first-order valence-electron chi connectivity index (χ1n) is 7.17. The SMILES string of the molecule is CN1C=CCN(C2CCCC2)C2=C1C=NC(Cl)(C(=O)O)N2. The van der Waals surface area contributed by atoms with Gasteiger partial charge in [0.25, 0.3) is 0 Å². The number of alkyl halides is 1. The van der Waals surface area contributed by atoms with Crippen LogP contribution in [0.1, 0.15) is 25.7 Å². The Balaban J connectivity index is 1.98. The molecule has 0 aromatic carbocycles. The zero-order chi connectivity index (χ0) is 15.0. The lowest BCUT2D eigenvalue weighted by atomic mass is 10.2. The number of hydrogen-bond acceptors (Lipinski definition) is 5. The molecule has 7 heteroatoms. The van der Waals surface area contributed by atoms with Crippen LogP contribution < -0.4 is 5.32 Å². The molecule has 2 N–H and O–H groups in total. The molecule has 0 amide bonds. The van der Waals surface area contributed by atoms with Crippen molar-refractivity contribution in [2.75, 3.05) is 13.6 Å². The van der Waals surface area contributed by atoms with Crippen LogP contribution in [0.2, 0.25) is 0 Å². The van der Waals surface area contributed by atoms with Gasteiger partial charge in [-0.15, -0.1) is 0 Å². The van der Waals surface area contributed by atoms with Gasteiger partial charge in [0, 0.05) is 25.8 Å². The smallest absolute Gasteiger partial charge is 0.369 e. The zero-order valence-electron chi connectivity index (χ0n) is 11.9. The molecule has 114 valence electrons. The van der Waals surface area contributed by atoms with Crippen LogP contribution in [0.25, 0.3) is 0 Å². The van der Waals surface area contributed by atoms with Crippen LogP contribution in [0.5, 0.6) is 0 Å². The highest BCUT2D eigenvalue weighted by molar-refractivity contribution is 6.34. The van der Waals surface area contributed by atoms with Crippen molar-refractivity contribution in [2.24, 2.45) is 4.99 Å². The predicted molar refractivity (Wildman–Crippen MR) is 80.7 cm³/mol. The predicted octanol–water partition coefficient (Wildman–Crippen LogP) is 1.51. The first-order chi connectivity index (χ1) is 10.0. The summed E-state index contributed by atoms with van der Waals surface area (Å²) in [6.07, 6.45) is 10.3. The third-order valence-corrected chi connectivity index (χ3v) is 4.59. The molecule has 0 bridgehead atoms. The lowest BCUT2D eigenvalue weighted by Crippen LogP contribution is -2.53. The van der Waals surface area contributed by atoms with Crippen LogP contribution >= 0.6 is 11.6 Å². The van der Waals surface area contributed by atoms with Crippen molar-refractivity contribution >= 4 is 23.8 Å². The fourth-order valence-electron chi connectivity index (χ4n) is 3.09. The van der Waals surface area contributed by atoms with Crippen LogP contribution in [0.4, 0.5) is 0 Å². The Morgan fingerprint density at radius 3 is 2.90 bits per heavy atom. The largest absolute Gasteiger partial charge is 0.477 e. The fourth-order valence-corrected chi connectivity index (χ4v) is 3.23. The molecule has 0 aromatic rings. The van der Waals surface area contributed by atoms with Gasteiger partial charge in [-0.2, -0.15) is 0 Å². The van der Waals surface area contributed by atoms with Crippen LogP contribution in [0.3, 0.4) is 0 Å². The molecule has 1 atom stereocenters. The molecule has 2 heterocycles. The summed E-state index contributed by atoms with van der Waals surface area (Å²) in [5.74, 6) is -0.444. The van der Waals surface area contributed by atoms with Crippen LogP contribution in [-0.4, -0.2) is 51.8 Å². The van der Waals surface area contributed by atoms with Crippen molar-refractivity contribution in [2.45, 2.75) is 36.8 Å². The Bertz CT molecular complexity index is 539. The number of carboxylic acids is 1. The topological polar surface area (TPSA) is 68.2 Å². The Kier molecular flexibility index (Phi) is 3.57. The summed E-state index contributed by atoms with van der Waals surface area (Å²) in [5, 5.41) is 10.4. The van der Waals surface area contributed by atoms with E-state index in [-0.39, 0.29) is 0 Å². The molecule has 21 heavy (non-hydrogen) atoms. The molecule has 6 nitrogen and oxygen atoms in total. The normalized spacial score (nSPS) is 29.4. The molecular weight excluding hydrogens is 292 g/mol. The van der Waals surface area contributed by atoms with E-state index in [1.54, 1.807) is 6.21 Å². The summed E-state index contributed by atoms with van der Waals surface area (Å²) in [7, 11) is 1.92. The van der Waals surface area contributed by atoms with Crippen molar-refractivity contribution in [3.8, 4) is 0 Å². The van der Waals surface area contributed by atoms with Gasteiger partial charge in [0.1, 0.15) is 5.82 Å². The second-order valence-electron chi connectivity index (χ2n) is 5.63. The number of carboxylic acid groups (broad SMARTS) is 1. The number of nitrogens with zero attached hydrogens (tertiary/aromatic N) is 3. The van der Waals surface area contributed by atoms with E-state index in [1.165, 1.54) is 12.8 Å². The number of nitrogens with one attached hydrogen (secondary N) is 1. The van der Waals surface area contributed by atoms with Gasteiger partial charge in [-0.05, 0) is 18.9 Å². The van der Waals surface area contributed by atoms with Gasteiger partial charge in [-0.1, -0.05) is 24.4 Å². The van der Waals surface area contributed by atoms with E-state index in [2.05, 4.69) is 21.3 Å². The lowest BCUT2D eigenvalue weighted by molar-refractivity contribution is -0.141. The van der Waals surface area contributed by atoms with Crippen molar-refractivity contribution in [3.63, 3.8) is 0 Å². The summed E-state index contributed by atoms with van der Waals surface area (Å²) in [6.45, 7) is 0.737. The minimum atomic E-state index is -1.82. The Morgan fingerprint density at radius 2 is 2.24 bits per heavy atom. The summed E-state index contributed by atoms with van der Waals surface area (Å²) in [6, 6.07) is 0.417. The molecule has 3 rings (SSSR count). The minimum absolute atomic E-state index is 0.417. The highest BCUT2D eigenvalue weighted by Crippen LogP contribution is 2.31. The summed E-state index contributed by atoms with van der Waals surface area (Å²) in [4.78, 5) is 19.5. The Morgan fingerprint density at radius 1 is 1.52 bits per heavy atom. The lowest BCUT2D eigenvalue weighted by Gasteiger charge is -2.38. The quantitative estimate of drug-likeness (QED) is 0.598. The standard InChI is InChI=1S/C14H19ClN4O2/c1-18-7-4-8-19(10-5-2-3-6-10)12-11(18)9-16-14(15,17-12)13(20)21/h4,7,9-10,17H,2-3,5-6,8H2,1H3,(H,20,21). The monoisotopic (exact) mass is 310 g/mol. The third kappa shape index (κ3) is 2.48. The summed E-state index contributed by atoms with van der Waals surface area (Å²) >= 11 is 6.09. The number of hydrogen-bond donors (Lipinski definition) is 2. The molecule has 0 saturated heterocycles. The first-order valence-corrected chi connectivity index (χ1v) is 7.55. The molecule has 3 aliphatic rings. The van der Waals surface area contributed by atoms with E-state index >= 15 is 0 Å². The molecule has 1 fully saturated rings. The maximum Gasteiger partial charge on any atom is 0.369 e. The second kappa shape index (κ2) is 5.26. The second-order valence-corrected chi connectivity index (χ2v) is 6.18. The van der Waals surface area contributed by atoms with E-state index in [1.807, 2.05) is 18.1 Å². The van der Waals surface area contributed by atoms with Crippen LogP contribution in [-0.2, 0) is 4.79 Å². The van der Waals surface area contributed by atoms with E-state index in [9.17, 15) is 9.90 Å². The summed E-state index contributed by atoms with van der Waals surface area (Å²) in [5.41, 5.74) is 0.841. The van der Waals surface area contributed by atoms with Gasteiger partial charge in [0.05, 0.1) is 11.9 Å². The van der Waals surface area contributed by atoms with Gasteiger partial charge in [0.2, 0.25) is 0 Å². The molecule has 1 unspecified atom stereocenters. The van der Waals surface area contributed by atoms with Crippen molar-refractivity contribution in [3.05, 3.63) is 23.8 Å². The van der Waals surface area contributed by atoms with Gasteiger partial charge in [-0.3, -0.25) is 0 Å². The van der Waals surface area contributed by atoms with Gasteiger partial charge < -0.3 is 20.2 Å². The number of aliphatic carboxylic acids is 1. The molecule has 2 aliphatic heterocycles. The zero-order valence-corrected chi connectivity index (χ0v) is 12.7. The molecule has 0 radical (unpaired) electrons. The average molecular weight is 311 g/mol. The highest BCUT2D eigenvalue weighted by atomic mass is 35.5. The molecular formula is C14H19ClN4O2. The van der Waals surface area contributed by atoms with E-state index in [4.69, 9.17) is 11.6 Å². The fraction of sp³-hybridized carbons (Fsp3) is 0.571. The number of allylic oxidation sites excluding steroid dienone is 1. The highest BCUT2D eigenvalue weighted by Gasteiger charge is 2.42. The Hall–Kier alpha value is -1.69. The van der Waals surface area contributed by atoms with Gasteiger partial charge >= 0.3 is 11.1 Å². The van der Waals surface area contributed by atoms with Gasteiger partial charge in [-0.25, -0.2) is 9.79 Å². The van der Waals surface area contributed by atoms with E-state index < -0.39 is 11.1 Å². The minimum Gasteiger partial charge on any atom is -0.477 e. The van der Waals surface area contributed by atoms with E-state index in [0.717, 1.165) is 30.9 Å². The molecule has 1 saturated carbocycles. The molecule has 1 aliphatic carbocycles. The average Bonchev–Trinajstić information content (AvgIpc) is 2.92. The molecule has 0 spiro atoms. The number of aliphatic imine (C=N–C) groups is 1. The van der Waals surface area contributed by atoms with Gasteiger partial charge in [0.15, 0.2) is 0 Å². The van der Waals surface area contributed by atoms with Crippen molar-refractivity contribution in [1.82, 2.24) is 15.1 Å². The number of halogens is 1. The maximum absolute atomic E-state index is 11.4. The van der Waals surface area contributed by atoms with Crippen molar-refractivity contribution in [1.29, 1.82) is 0 Å². The molecule has 0 aromatic heterocycles. The van der Waals surface area contributed by atoms with Crippen LogP contribution in [0, 0.1) is 0 Å². The third-order valence-electron chi connectivity index (χ3n) is 4.24. The number of rotatable bonds is 2. The number of carbonyl (C=O) groups is 1. The Labute approximate surface area is 128 Å². The van der Waals surface area contributed by atoms with Crippen LogP contribution in [0.15, 0.2) is 28.8 Å². The van der Waals surface area contributed by atoms with E-state index in [0.29, 0.717) is 6.04 Å². The maximum atomic E-state index is 11.4. The first kappa shape index (κ1) is 14.3. The summed E-state index contributed by atoms with van der Waals surface area (Å²) < 4.78 is 0. The van der Waals surface area contributed by atoms with Crippen molar-refractivity contribution < 1.29 is 9.90 Å².